The van der Waals surface area contributed by atoms with Crippen molar-refractivity contribution in [2.45, 2.75) is 12.4 Å². The van der Waals surface area contributed by atoms with Gasteiger partial charge in [0, 0.05) is 11.3 Å². The number of hydrogen-bond donors (Lipinski definition) is 2. The zero-order valence-electron chi connectivity index (χ0n) is 6.89. The molecule has 1 aromatic rings. The molecule has 3 heteroatoms. The van der Waals surface area contributed by atoms with E-state index in [1.54, 1.807) is 0 Å². The molecule has 0 aromatic heterocycles. The molecular formula is C9H11ClN2. The molecule has 0 spiro atoms. The lowest BCUT2D eigenvalue weighted by molar-refractivity contribution is 0.684. The zero-order valence-corrected chi connectivity index (χ0v) is 7.65. The Morgan fingerprint density at radius 2 is 2.33 bits per heavy atom. The van der Waals surface area contributed by atoms with Gasteiger partial charge in [-0.25, -0.2) is 0 Å². The van der Waals surface area contributed by atoms with E-state index in [1.165, 1.54) is 5.56 Å². The van der Waals surface area contributed by atoms with Crippen LogP contribution in [-0.4, -0.2) is 6.67 Å². The van der Waals surface area contributed by atoms with Crippen LogP contribution in [0.15, 0.2) is 18.2 Å². The SMILES string of the molecule is Cc1ccc2c(c1)NCN[C@H]2Cl. The van der Waals surface area contributed by atoms with Crippen LogP contribution in [0.1, 0.15) is 16.6 Å². The van der Waals surface area contributed by atoms with E-state index in [2.05, 4.69) is 35.8 Å². The molecule has 2 N–H and O–H groups in total. The summed E-state index contributed by atoms with van der Waals surface area (Å²) in [6.45, 7) is 2.82. The average molecular weight is 183 g/mol. The maximum atomic E-state index is 6.05. The monoisotopic (exact) mass is 182 g/mol. The highest BCUT2D eigenvalue weighted by atomic mass is 35.5. The van der Waals surface area contributed by atoms with Gasteiger partial charge in [-0.2, -0.15) is 0 Å². The third-order valence-electron chi connectivity index (χ3n) is 2.04. The minimum atomic E-state index is -0.0538. The molecule has 0 unspecified atom stereocenters. The molecule has 0 saturated heterocycles. The fourth-order valence-electron chi connectivity index (χ4n) is 1.39. The number of aryl methyl sites for hydroxylation is 1. The first-order valence-electron chi connectivity index (χ1n) is 3.99. The standard InChI is InChI=1S/C9H11ClN2/c1-6-2-3-7-8(4-6)11-5-12-9(7)10/h2-4,9,11-12H,5H2,1H3/t9-/m1/s1. The molecule has 1 aliphatic rings. The van der Waals surface area contributed by atoms with E-state index in [4.69, 9.17) is 11.6 Å². The molecule has 0 radical (unpaired) electrons. The van der Waals surface area contributed by atoms with Gasteiger partial charge in [0.1, 0.15) is 5.50 Å². The van der Waals surface area contributed by atoms with Gasteiger partial charge in [-0.3, -0.25) is 5.32 Å². The number of hydrogen-bond acceptors (Lipinski definition) is 2. The van der Waals surface area contributed by atoms with Crippen molar-refractivity contribution < 1.29 is 0 Å². The molecular weight excluding hydrogens is 172 g/mol. The van der Waals surface area contributed by atoms with Crippen LogP contribution in [0.2, 0.25) is 0 Å². The molecule has 12 heavy (non-hydrogen) atoms. The Morgan fingerprint density at radius 1 is 1.50 bits per heavy atom. The van der Waals surface area contributed by atoms with E-state index in [0.29, 0.717) is 0 Å². The molecule has 1 heterocycles. The van der Waals surface area contributed by atoms with Crippen LogP contribution in [0.4, 0.5) is 5.69 Å². The van der Waals surface area contributed by atoms with Gasteiger partial charge in [0.05, 0.1) is 6.67 Å². The predicted octanol–water partition coefficient (Wildman–Crippen LogP) is 2.21. The van der Waals surface area contributed by atoms with Gasteiger partial charge < -0.3 is 5.32 Å². The van der Waals surface area contributed by atoms with Crippen molar-refractivity contribution in [2.75, 3.05) is 12.0 Å². The largest absolute Gasteiger partial charge is 0.372 e. The van der Waals surface area contributed by atoms with Crippen LogP contribution >= 0.6 is 11.6 Å². The minimum Gasteiger partial charge on any atom is -0.372 e. The second-order valence-corrected chi connectivity index (χ2v) is 3.45. The summed E-state index contributed by atoms with van der Waals surface area (Å²) in [7, 11) is 0. The fourth-order valence-corrected chi connectivity index (χ4v) is 1.66. The molecule has 0 amide bonds. The molecule has 1 aromatic carbocycles. The fraction of sp³-hybridized carbons (Fsp3) is 0.333. The Morgan fingerprint density at radius 3 is 3.17 bits per heavy atom. The molecule has 2 rings (SSSR count). The first-order chi connectivity index (χ1) is 5.77. The molecule has 0 aliphatic carbocycles. The Balaban J connectivity index is 2.46. The lowest BCUT2D eigenvalue weighted by Crippen LogP contribution is -2.29. The first-order valence-corrected chi connectivity index (χ1v) is 4.43. The second kappa shape index (κ2) is 2.96. The van der Waals surface area contributed by atoms with Crippen molar-refractivity contribution in [3.05, 3.63) is 29.3 Å². The van der Waals surface area contributed by atoms with Gasteiger partial charge in [-0.05, 0) is 18.6 Å². The van der Waals surface area contributed by atoms with E-state index in [9.17, 15) is 0 Å². The van der Waals surface area contributed by atoms with Gasteiger partial charge in [0.15, 0.2) is 0 Å². The number of fused-ring (bicyclic) bond motifs is 1. The van der Waals surface area contributed by atoms with Crippen LogP contribution in [0.3, 0.4) is 0 Å². The van der Waals surface area contributed by atoms with E-state index >= 15 is 0 Å². The van der Waals surface area contributed by atoms with E-state index in [1.807, 2.05) is 0 Å². The lowest BCUT2D eigenvalue weighted by Gasteiger charge is -2.23. The molecule has 2 nitrogen and oxygen atoms in total. The summed E-state index contributed by atoms with van der Waals surface area (Å²) >= 11 is 6.05. The Bertz CT molecular complexity index is 299. The Labute approximate surface area is 76.9 Å². The van der Waals surface area contributed by atoms with Crippen LogP contribution in [0, 0.1) is 6.92 Å². The van der Waals surface area contributed by atoms with Gasteiger partial charge in [0.2, 0.25) is 0 Å². The molecule has 0 fully saturated rings. The highest BCUT2D eigenvalue weighted by Crippen LogP contribution is 2.29. The third-order valence-corrected chi connectivity index (χ3v) is 2.43. The highest BCUT2D eigenvalue weighted by molar-refractivity contribution is 6.21. The Hall–Kier alpha value is -0.730. The predicted molar refractivity (Wildman–Crippen MR) is 51.4 cm³/mol. The van der Waals surface area contributed by atoms with Gasteiger partial charge in [-0.15, -0.1) is 11.6 Å². The van der Waals surface area contributed by atoms with Crippen molar-refractivity contribution in [3.8, 4) is 0 Å². The summed E-state index contributed by atoms with van der Waals surface area (Å²) in [4.78, 5) is 0. The number of nitrogens with one attached hydrogen (secondary N) is 2. The van der Waals surface area contributed by atoms with Crippen molar-refractivity contribution in [2.24, 2.45) is 0 Å². The summed E-state index contributed by atoms with van der Waals surface area (Å²) in [5.74, 6) is 0. The summed E-state index contributed by atoms with van der Waals surface area (Å²) in [5.41, 5.74) is 3.48. The van der Waals surface area contributed by atoms with Crippen molar-refractivity contribution in [3.63, 3.8) is 0 Å². The molecule has 1 aliphatic heterocycles. The Kier molecular flexibility index (Phi) is 1.95. The topological polar surface area (TPSA) is 24.1 Å². The minimum absolute atomic E-state index is 0.0538. The van der Waals surface area contributed by atoms with Crippen molar-refractivity contribution >= 4 is 17.3 Å². The second-order valence-electron chi connectivity index (χ2n) is 3.01. The summed E-state index contributed by atoms with van der Waals surface area (Å²) in [6.07, 6.45) is 0. The zero-order chi connectivity index (χ0) is 8.55. The van der Waals surface area contributed by atoms with Gasteiger partial charge >= 0.3 is 0 Å². The van der Waals surface area contributed by atoms with Gasteiger partial charge in [0.25, 0.3) is 0 Å². The maximum Gasteiger partial charge on any atom is 0.111 e. The average Bonchev–Trinajstić information content (AvgIpc) is 2.04. The van der Waals surface area contributed by atoms with E-state index < -0.39 is 0 Å². The smallest absolute Gasteiger partial charge is 0.111 e. The third kappa shape index (κ3) is 1.28. The number of halogens is 1. The quantitative estimate of drug-likeness (QED) is 0.475. The molecule has 64 valence electrons. The summed E-state index contributed by atoms with van der Waals surface area (Å²) in [5, 5.41) is 6.35. The van der Waals surface area contributed by atoms with Crippen molar-refractivity contribution in [1.29, 1.82) is 0 Å². The van der Waals surface area contributed by atoms with Crippen molar-refractivity contribution in [1.82, 2.24) is 5.32 Å². The maximum absolute atomic E-state index is 6.05. The van der Waals surface area contributed by atoms with Crippen LogP contribution in [0.25, 0.3) is 0 Å². The normalized spacial score (nSPS) is 21.3. The number of rotatable bonds is 0. The number of benzene rings is 1. The first kappa shape index (κ1) is 7.90. The molecule has 0 saturated carbocycles. The highest BCUT2D eigenvalue weighted by Gasteiger charge is 2.15. The summed E-state index contributed by atoms with van der Waals surface area (Å²) in [6, 6.07) is 6.25. The number of alkyl halides is 1. The van der Waals surface area contributed by atoms with E-state index in [0.717, 1.165) is 17.9 Å². The van der Waals surface area contributed by atoms with Crippen LogP contribution in [-0.2, 0) is 0 Å². The van der Waals surface area contributed by atoms with Crippen LogP contribution in [0.5, 0.6) is 0 Å². The molecule has 1 atom stereocenters. The van der Waals surface area contributed by atoms with Crippen LogP contribution < -0.4 is 10.6 Å². The van der Waals surface area contributed by atoms with E-state index in [-0.39, 0.29) is 5.50 Å². The molecule has 0 bridgehead atoms. The lowest BCUT2D eigenvalue weighted by atomic mass is 10.1. The summed E-state index contributed by atoms with van der Waals surface area (Å²) < 4.78 is 0. The number of anilines is 1. The van der Waals surface area contributed by atoms with Gasteiger partial charge in [-0.1, -0.05) is 12.1 Å².